The summed E-state index contributed by atoms with van der Waals surface area (Å²) in [4.78, 5) is 41.6. The summed E-state index contributed by atoms with van der Waals surface area (Å²) in [6.45, 7) is 2.35. The third kappa shape index (κ3) is 4.88. The number of carbonyl (C=O) groups excluding carboxylic acids is 1. The molecule has 0 bridgehead atoms. The molecule has 0 saturated carbocycles. The van der Waals surface area contributed by atoms with Crippen molar-refractivity contribution in [2.75, 3.05) is 0 Å². The fraction of sp³-hybridized carbons (Fsp3) is 0.353. The smallest absolute Gasteiger partial charge is 0.331 e. The highest BCUT2D eigenvalue weighted by atomic mass is 16.3. The van der Waals surface area contributed by atoms with Crippen LogP contribution in [0, 0.1) is 0 Å². The predicted octanol–water partition coefficient (Wildman–Crippen LogP) is 0.981. The summed E-state index contributed by atoms with van der Waals surface area (Å²) in [6.07, 6.45) is 7.61. The van der Waals surface area contributed by atoms with Gasteiger partial charge in [-0.25, -0.2) is 10.2 Å². The number of hydrogen-bond acceptors (Lipinski definition) is 6. The van der Waals surface area contributed by atoms with Gasteiger partial charge in [-0.1, -0.05) is 26.2 Å². The molecule has 0 fully saturated rings. The highest BCUT2D eigenvalue weighted by molar-refractivity contribution is 5.94. The van der Waals surface area contributed by atoms with Crippen molar-refractivity contribution in [3.63, 3.8) is 0 Å². The van der Waals surface area contributed by atoms with Gasteiger partial charge >= 0.3 is 5.69 Å². The van der Waals surface area contributed by atoms with Crippen LogP contribution in [0.4, 0.5) is 0 Å². The molecule has 26 heavy (non-hydrogen) atoms. The Morgan fingerprint density at radius 1 is 1.31 bits per heavy atom. The first-order valence-corrected chi connectivity index (χ1v) is 8.34. The van der Waals surface area contributed by atoms with Crippen molar-refractivity contribution in [2.24, 2.45) is 5.10 Å². The largest absolute Gasteiger partial charge is 0.494 e. The van der Waals surface area contributed by atoms with E-state index in [0.29, 0.717) is 12.0 Å². The number of aromatic hydroxyl groups is 1. The van der Waals surface area contributed by atoms with Gasteiger partial charge in [0, 0.05) is 24.5 Å². The molecule has 138 valence electrons. The van der Waals surface area contributed by atoms with E-state index >= 15 is 0 Å². The number of aromatic amines is 1. The minimum Gasteiger partial charge on any atom is -0.494 e. The topological polar surface area (TPSA) is 129 Å². The van der Waals surface area contributed by atoms with Crippen molar-refractivity contribution in [3.8, 4) is 5.88 Å². The summed E-state index contributed by atoms with van der Waals surface area (Å²) in [7, 11) is 0. The van der Waals surface area contributed by atoms with Crippen LogP contribution in [0.2, 0.25) is 0 Å². The fourth-order valence-electron chi connectivity index (χ4n) is 2.32. The van der Waals surface area contributed by atoms with E-state index in [0.717, 1.165) is 30.0 Å². The summed E-state index contributed by atoms with van der Waals surface area (Å²) >= 11 is 0. The van der Waals surface area contributed by atoms with Crippen LogP contribution in [-0.2, 0) is 6.54 Å². The number of rotatable bonds is 8. The number of carbonyl (C=O) groups is 1. The van der Waals surface area contributed by atoms with Crippen molar-refractivity contribution in [1.29, 1.82) is 0 Å². The minimum absolute atomic E-state index is 0.199. The number of amides is 1. The summed E-state index contributed by atoms with van der Waals surface area (Å²) < 4.78 is 1.09. The van der Waals surface area contributed by atoms with Gasteiger partial charge in [0.2, 0.25) is 5.88 Å². The lowest BCUT2D eigenvalue weighted by molar-refractivity contribution is 0.0955. The zero-order valence-electron chi connectivity index (χ0n) is 14.4. The monoisotopic (exact) mass is 359 g/mol. The maximum atomic E-state index is 11.9. The maximum Gasteiger partial charge on any atom is 0.331 e. The zero-order valence-corrected chi connectivity index (χ0v) is 14.4. The van der Waals surface area contributed by atoms with Crippen molar-refractivity contribution in [1.82, 2.24) is 20.0 Å². The molecule has 3 N–H and O–H groups in total. The van der Waals surface area contributed by atoms with Gasteiger partial charge in [0.25, 0.3) is 11.5 Å². The Morgan fingerprint density at radius 3 is 2.73 bits per heavy atom. The molecule has 9 heteroatoms. The molecule has 0 aliphatic rings. The Hall–Kier alpha value is -3.23. The number of H-pyrrole nitrogens is 1. The second kappa shape index (κ2) is 9.30. The van der Waals surface area contributed by atoms with Gasteiger partial charge in [-0.05, 0) is 18.6 Å². The molecule has 2 aromatic rings. The summed E-state index contributed by atoms with van der Waals surface area (Å²) in [5.74, 6) is -0.968. The van der Waals surface area contributed by atoms with Crippen LogP contribution >= 0.6 is 0 Å². The normalized spacial score (nSPS) is 11.0. The van der Waals surface area contributed by atoms with Crippen molar-refractivity contribution >= 4 is 12.1 Å². The third-order valence-corrected chi connectivity index (χ3v) is 3.74. The molecule has 0 spiro atoms. The van der Waals surface area contributed by atoms with Crippen LogP contribution in [0.15, 0.2) is 39.2 Å². The maximum absolute atomic E-state index is 11.9. The molecule has 0 radical (unpaired) electrons. The first kappa shape index (κ1) is 19.1. The Labute approximate surface area is 149 Å². The molecule has 0 aromatic carbocycles. The Bertz CT molecular complexity index is 886. The van der Waals surface area contributed by atoms with Gasteiger partial charge in [-0.15, -0.1) is 0 Å². The number of hydrazone groups is 1. The van der Waals surface area contributed by atoms with Crippen LogP contribution in [0.5, 0.6) is 5.88 Å². The van der Waals surface area contributed by atoms with Crippen molar-refractivity contribution in [2.45, 2.75) is 39.2 Å². The van der Waals surface area contributed by atoms with E-state index in [9.17, 15) is 19.5 Å². The van der Waals surface area contributed by atoms with Crippen molar-refractivity contribution in [3.05, 3.63) is 56.5 Å². The van der Waals surface area contributed by atoms with E-state index in [1.165, 1.54) is 24.5 Å². The second-order valence-electron chi connectivity index (χ2n) is 5.64. The van der Waals surface area contributed by atoms with E-state index in [1.54, 1.807) is 0 Å². The molecule has 0 aliphatic heterocycles. The van der Waals surface area contributed by atoms with E-state index in [1.807, 2.05) is 0 Å². The molecular formula is C17H21N5O4. The molecule has 1 amide bonds. The predicted molar refractivity (Wildman–Crippen MR) is 96.4 cm³/mol. The van der Waals surface area contributed by atoms with Gasteiger partial charge < -0.3 is 5.11 Å². The number of nitrogens with one attached hydrogen (secondary N) is 2. The van der Waals surface area contributed by atoms with E-state index in [4.69, 9.17) is 0 Å². The fourth-order valence-corrected chi connectivity index (χ4v) is 2.32. The Kier molecular flexibility index (Phi) is 6.84. The molecular weight excluding hydrogens is 338 g/mol. The number of unbranched alkanes of at least 4 members (excludes halogenated alkanes) is 3. The molecule has 0 aliphatic carbocycles. The van der Waals surface area contributed by atoms with Crippen LogP contribution in [0.1, 0.15) is 48.5 Å². The van der Waals surface area contributed by atoms with Crippen LogP contribution in [0.25, 0.3) is 0 Å². The summed E-state index contributed by atoms with van der Waals surface area (Å²) in [5, 5.41) is 13.9. The molecule has 0 unspecified atom stereocenters. The van der Waals surface area contributed by atoms with Crippen LogP contribution in [-0.4, -0.2) is 31.8 Å². The van der Waals surface area contributed by atoms with Crippen molar-refractivity contribution < 1.29 is 9.90 Å². The first-order chi connectivity index (χ1) is 12.5. The lowest BCUT2D eigenvalue weighted by atomic mass is 10.2. The van der Waals surface area contributed by atoms with Crippen LogP contribution < -0.4 is 16.7 Å². The van der Waals surface area contributed by atoms with E-state index in [2.05, 4.69) is 27.4 Å². The van der Waals surface area contributed by atoms with E-state index < -0.39 is 23.0 Å². The molecule has 2 aromatic heterocycles. The van der Waals surface area contributed by atoms with Gasteiger partial charge in [0.15, 0.2) is 0 Å². The second-order valence-corrected chi connectivity index (χ2v) is 5.64. The Balaban J connectivity index is 2.14. The minimum atomic E-state index is -0.779. The highest BCUT2D eigenvalue weighted by Gasteiger charge is 2.12. The summed E-state index contributed by atoms with van der Waals surface area (Å²) in [5.41, 5.74) is 0.935. The van der Waals surface area contributed by atoms with E-state index in [-0.39, 0.29) is 12.1 Å². The lowest BCUT2D eigenvalue weighted by Gasteiger charge is -2.09. The number of pyridine rings is 1. The number of hydrogen-bond donors (Lipinski definition) is 3. The molecule has 2 rings (SSSR count). The Morgan fingerprint density at radius 2 is 2.04 bits per heavy atom. The third-order valence-electron chi connectivity index (χ3n) is 3.74. The lowest BCUT2D eigenvalue weighted by Crippen LogP contribution is -2.32. The average molecular weight is 359 g/mol. The average Bonchev–Trinajstić information content (AvgIpc) is 2.64. The molecule has 0 atom stereocenters. The SMILES string of the molecule is CCCCCCn1c(O)c(/C=N/NC(=O)c2ccncc2)c(=O)[nH]c1=O. The number of nitrogens with zero attached hydrogens (tertiary/aromatic N) is 3. The summed E-state index contributed by atoms with van der Waals surface area (Å²) in [6, 6.07) is 3.01. The van der Waals surface area contributed by atoms with Gasteiger partial charge in [0.05, 0.1) is 6.21 Å². The standard InChI is InChI=1S/C17H21N5O4/c1-2-3-4-5-10-22-16(25)13(15(24)20-17(22)26)11-19-21-14(23)12-6-8-18-9-7-12/h6-9,11,25H,2-5,10H2,1H3,(H,21,23)(H,20,24,26)/b19-11+. The quantitative estimate of drug-likeness (QED) is 0.367. The zero-order chi connectivity index (χ0) is 18.9. The van der Waals surface area contributed by atoms with Gasteiger partial charge in [0.1, 0.15) is 5.56 Å². The number of aromatic nitrogens is 3. The van der Waals surface area contributed by atoms with Gasteiger partial charge in [-0.3, -0.25) is 24.1 Å². The van der Waals surface area contributed by atoms with Gasteiger partial charge in [-0.2, -0.15) is 5.10 Å². The highest BCUT2D eigenvalue weighted by Crippen LogP contribution is 2.10. The molecule has 9 nitrogen and oxygen atoms in total. The molecule has 0 saturated heterocycles. The molecule has 2 heterocycles. The first-order valence-electron chi connectivity index (χ1n) is 8.34. The van der Waals surface area contributed by atoms with Crippen LogP contribution in [0.3, 0.4) is 0 Å².